The molecule has 0 N–H and O–H groups in total. The fourth-order valence-corrected chi connectivity index (χ4v) is 1.77. The van der Waals surface area contributed by atoms with Gasteiger partial charge in [0, 0.05) is 32.7 Å². The Morgan fingerprint density at radius 3 is 1.56 bits per heavy atom. The number of nitrogens with zero attached hydrogens (tertiary/aromatic N) is 1. The molecule has 0 aromatic heterocycles. The number of benzene rings is 2. The maximum absolute atomic E-state index is 4.64. The number of hydrogen-bond acceptors (Lipinski definition) is 0. The van der Waals surface area contributed by atoms with Crippen molar-refractivity contribution in [3.8, 4) is 0 Å². The molecule has 0 atom stereocenters. The number of rotatable bonds is 0. The van der Waals surface area contributed by atoms with E-state index in [1.54, 1.807) is 0 Å². The van der Waals surface area contributed by atoms with Gasteiger partial charge >= 0.3 is 0 Å². The van der Waals surface area contributed by atoms with Gasteiger partial charge in [0.05, 0.1) is 0 Å². The molecule has 1 aliphatic heterocycles. The quantitative estimate of drug-likeness (QED) is 0.576. The molecule has 0 unspecified atom stereocenters. The summed E-state index contributed by atoms with van der Waals surface area (Å²) in [6, 6.07) is 16.4. The molecule has 0 amide bonds. The van der Waals surface area contributed by atoms with Crippen LogP contribution in [0.4, 0.5) is 11.4 Å². The first-order valence-corrected chi connectivity index (χ1v) is 5.01. The summed E-state index contributed by atoms with van der Waals surface area (Å²) in [6.45, 7) is 0. The van der Waals surface area contributed by atoms with Gasteiger partial charge in [0.25, 0.3) is 0 Å². The van der Waals surface area contributed by atoms with Crippen molar-refractivity contribution in [2.24, 2.45) is 0 Å². The maximum Gasteiger partial charge on any atom is 0 e. The molecule has 1 nitrogen and oxygen atoms in total. The second-order valence-electron chi connectivity index (χ2n) is 3.56. The molecule has 1 heterocycles. The zero-order valence-corrected chi connectivity index (χ0v) is 11.6. The van der Waals surface area contributed by atoms with Crippen LogP contribution < -0.4 is 0 Å². The Balaban J connectivity index is 0.000000963. The van der Waals surface area contributed by atoms with E-state index < -0.39 is 0 Å². The summed E-state index contributed by atoms with van der Waals surface area (Å²) >= 11 is 0. The van der Waals surface area contributed by atoms with E-state index >= 15 is 0 Å². The van der Waals surface area contributed by atoms with Crippen LogP contribution in [-0.2, 0) is 32.7 Å². The van der Waals surface area contributed by atoms with Gasteiger partial charge in [0.1, 0.15) is 0 Å². The van der Waals surface area contributed by atoms with E-state index in [9.17, 15) is 0 Å². The van der Waals surface area contributed by atoms with Crippen LogP contribution in [0.2, 0.25) is 0 Å². The van der Waals surface area contributed by atoms with Crippen molar-refractivity contribution in [1.82, 2.24) is 0 Å². The predicted octanol–water partition coefficient (Wildman–Crippen LogP) is 4.50. The normalized spacial score (nSPS) is 11.5. The average Bonchev–Trinajstić information content (AvgIpc) is 2.48. The average molecular weight is 281 g/mol. The third kappa shape index (κ3) is 2.11. The van der Waals surface area contributed by atoms with Crippen LogP contribution in [0.1, 0.15) is 11.1 Å². The first-order valence-electron chi connectivity index (χ1n) is 5.01. The maximum atomic E-state index is 4.64. The molecule has 2 aromatic rings. The summed E-state index contributed by atoms with van der Waals surface area (Å²) in [6.07, 6.45) is 4.23. The molecule has 0 aliphatic carbocycles. The second kappa shape index (κ2) is 4.94. The van der Waals surface area contributed by atoms with Gasteiger partial charge in [0.2, 0.25) is 0 Å². The summed E-state index contributed by atoms with van der Waals surface area (Å²) in [4.78, 5) is 0. The molecule has 0 fully saturated rings. The van der Waals surface area contributed by atoms with Crippen LogP contribution in [0.3, 0.4) is 0 Å². The summed E-state index contributed by atoms with van der Waals surface area (Å²) in [5.41, 5.74) is 4.43. The van der Waals surface area contributed by atoms with Gasteiger partial charge in [-0.05, 0) is 11.1 Å². The zero-order chi connectivity index (χ0) is 10.1. The van der Waals surface area contributed by atoms with E-state index in [-0.39, 0.29) is 32.7 Å². The molecule has 2 heteroatoms. The molecule has 3 rings (SSSR count). The van der Waals surface area contributed by atoms with Crippen LogP contribution in [-0.4, -0.2) is 0 Å². The molecular formula is C14H10NY-. The number of para-hydroxylation sites is 2. The van der Waals surface area contributed by atoms with E-state index in [2.05, 4.69) is 29.6 Å². The van der Waals surface area contributed by atoms with Gasteiger partial charge < -0.3 is 5.32 Å². The smallest absolute Gasteiger partial charge is 0 e. The molecule has 16 heavy (non-hydrogen) atoms. The van der Waals surface area contributed by atoms with Crippen LogP contribution in [0.25, 0.3) is 17.5 Å². The first-order chi connectivity index (χ1) is 7.43. The fourth-order valence-electron chi connectivity index (χ4n) is 1.77. The molecule has 0 spiro atoms. The van der Waals surface area contributed by atoms with Crippen molar-refractivity contribution in [2.75, 3.05) is 0 Å². The van der Waals surface area contributed by atoms with E-state index in [1.807, 2.05) is 36.4 Å². The van der Waals surface area contributed by atoms with Gasteiger partial charge in [-0.15, -0.1) is 11.4 Å². The van der Waals surface area contributed by atoms with Crippen molar-refractivity contribution in [2.45, 2.75) is 0 Å². The molecule has 0 bridgehead atoms. The fraction of sp³-hybridized carbons (Fsp3) is 0. The van der Waals surface area contributed by atoms with Crippen molar-refractivity contribution >= 4 is 23.5 Å². The molecule has 1 radical (unpaired) electrons. The third-order valence-electron chi connectivity index (χ3n) is 2.56. The van der Waals surface area contributed by atoms with Crippen molar-refractivity contribution in [1.29, 1.82) is 0 Å². The van der Waals surface area contributed by atoms with Crippen LogP contribution in [0.5, 0.6) is 0 Å². The Kier molecular flexibility index (Phi) is 3.57. The molecule has 0 saturated heterocycles. The molecular weight excluding hydrogens is 271 g/mol. The molecule has 75 valence electrons. The van der Waals surface area contributed by atoms with E-state index in [4.69, 9.17) is 0 Å². The standard InChI is InChI=1S/C14H10N.Y/c1-3-7-13-11(5-1)9-10-12-6-2-4-8-14(12)15-13;/h1-10H;/q-1;. The predicted molar refractivity (Wildman–Crippen MR) is 64.5 cm³/mol. The summed E-state index contributed by atoms with van der Waals surface area (Å²) in [5, 5.41) is 4.64. The second-order valence-corrected chi connectivity index (χ2v) is 3.56. The largest absolute Gasteiger partial charge is 0.657 e. The minimum Gasteiger partial charge on any atom is -0.657 e. The topological polar surface area (TPSA) is 14.1 Å². The van der Waals surface area contributed by atoms with E-state index in [1.165, 1.54) is 11.1 Å². The third-order valence-corrected chi connectivity index (χ3v) is 2.56. The minimum atomic E-state index is 0. The SMILES string of the molecule is C1=Cc2ccccc2[N-]c2ccccc21.[Y]. The van der Waals surface area contributed by atoms with Gasteiger partial charge in [0.15, 0.2) is 0 Å². The van der Waals surface area contributed by atoms with Crippen LogP contribution >= 0.6 is 0 Å². The Morgan fingerprint density at radius 2 is 1.06 bits per heavy atom. The van der Waals surface area contributed by atoms with Gasteiger partial charge in [-0.1, -0.05) is 60.7 Å². The zero-order valence-electron chi connectivity index (χ0n) is 8.80. The van der Waals surface area contributed by atoms with Crippen molar-refractivity contribution in [3.05, 3.63) is 65.0 Å². The van der Waals surface area contributed by atoms with E-state index in [0.717, 1.165) is 11.4 Å². The van der Waals surface area contributed by atoms with Gasteiger partial charge in [-0.2, -0.15) is 0 Å². The van der Waals surface area contributed by atoms with Crippen LogP contribution in [0.15, 0.2) is 48.5 Å². The molecule has 2 aromatic carbocycles. The Bertz CT molecular complexity index is 484. The number of fused-ring (bicyclic) bond motifs is 2. The minimum absolute atomic E-state index is 0. The Hall–Kier alpha value is -0.916. The first kappa shape index (κ1) is 11.6. The summed E-state index contributed by atoms with van der Waals surface area (Å²) in [7, 11) is 0. The Labute approximate surface area is 120 Å². The summed E-state index contributed by atoms with van der Waals surface area (Å²) in [5.74, 6) is 0. The van der Waals surface area contributed by atoms with Crippen molar-refractivity contribution in [3.63, 3.8) is 0 Å². The Morgan fingerprint density at radius 1 is 0.625 bits per heavy atom. The number of hydrogen-bond donors (Lipinski definition) is 0. The summed E-state index contributed by atoms with van der Waals surface area (Å²) < 4.78 is 0. The van der Waals surface area contributed by atoms with Crippen molar-refractivity contribution < 1.29 is 32.7 Å². The molecule has 0 saturated carbocycles. The molecule has 1 aliphatic rings. The van der Waals surface area contributed by atoms with Gasteiger partial charge in [-0.25, -0.2) is 0 Å². The van der Waals surface area contributed by atoms with E-state index in [0.29, 0.717) is 0 Å². The monoisotopic (exact) mass is 281 g/mol. The van der Waals surface area contributed by atoms with Crippen LogP contribution in [0, 0.1) is 0 Å². The van der Waals surface area contributed by atoms with Gasteiger partial charge in [-0.3, -0.25) is 0 Å².